The standard InChI is InChI=1S/C14H15NO5/c1-7-10(13(16)17)12(9-5-4-6-20-9)11(8(2)15-7)14(18)19-3/h4-6,10,12H,1-3H3,(H,16,17). The minimum Gasteiger partial charge on any atom is -0.481 e. The molecule has 106 valence electrons. The maximum Gasteiger partial charge on any atom is 0.336 e. The minimum atomic E-state index is -1.05. The van der Waals surface area contributed by atoms with E-state index in [9.17, 15) is 14.7 Å². The molecule has 0 saturated carbocycles. The number of esters is 1. The van der Waals surface area contributed by atoms with Gasteiger partial charge in [0.2, 0.25) is 0 Å². The number of aliphatic carboxylic acids is 1. The van der Waals surface area contributed by atoms with Crippen LogP contribution in [0.5, 0.6) is 0 Å². The van der Waals surface area contributed by atoms with Crippen molar-refractivity contribution in [2.45, 2.75) is 19.8 Å². The molecule has 0 saturated heterocycles. The third-order valence-electron chi connectivity index (χ3n) is 3.35. The SMILES string of the molecule is COC(=O)C1=C(C)N=C(C)C(C(=O)O)C1c1ccco1. The summed E-state index contributed by atoms with van der Waals surface area (Å²) in [5.74, 6) is -2.91. The number of furan rings is 1. The second kappa shape index (κ2) is 5.32. The van der Waals surface area contributed by atoms with E-state index in [4.69, 9.17) is 9.15 Å². The van der Waals surface area contributed by atoms with Crippen LogP contribution in [0.2, 0.25) is 0 Å². The first-order valence-electron chi connectivity index (χ1n) is 6.07. The molecule has 2 unspecified atom stereocenters. The monoisotopic (exact) mass is 277 g/mol. The summed E-state index contributed by atoms with van der Waals surface area (Å²) in [5, 5.41) is 9.44. The van der Waals surface area contributed by atoms with Crippen LogP contribution in [0.4, 0.5) is 0 Å². The zero-order valence-corrected chi connectivity index (χ0v) is 11.4. The molecule has 2 rings (SSSR count). The van der Waals surface area contributed by atoms with Gasteiger partial charge in [-0.3, -0.25) is 9.79 Å². The first-order chi connectivity index (χ1) is 9.47. The summed E-state index contributed by atoms with van der Waals surface area (Å²) in [6.45, 7) is 3.29. The van der Waals surface area contributed by atoms with Crippen LogP contribution in [0, 0.1) is 5.92 Å². The van der Waals surface area contributed by atoms with E-state index in [2.05, 4.69) is 4.99 Å². The molecule has 1 aromatic rings. The van der Waals surface area contributed by atoms with Crippen LogP contribution in [0.1, 0.15) is 25.5 Å². The van der Waals surface area contributed by atoms with Gasteiger partial charge in [0, 0.05) is 11.4 Å². The first kappa shape index (κ1) is 14.0. The van der Waals surface area contributed by atoms with Crippen LogP contribution in [-0.2, 0) is 14.3 Å². The maximum atomic E-state index is 12.0. The number of aliphatic imine (C=N–C) groups is 1. The van der Waals surface area contributed by atoms with E-state index >= 15 is 0 Å². The Balaban J connectivity index is 2.62. The molecule has 20 heavy (non-hydrogen) atoms. The van der Waals surface area contributed by atoms with E-state index < -0.39 is 23.8 Å². The van der Waals surface area contributed by atoms with Crippen molar-refractivity contribution in [3.8, 4) is 0 Å². The van der Waals surface area contributed by atoms with Crippen molar-refractivity contribution in [1.82, 2.24) is 0 Å². The molecular formula is C14H15NO5. The van der Waals surface area contributed by atoms with E-state index in [0.29, 0.717) is 17.2 Å². The van der Waals surface area contributed by atoms with Crippen LogP contribution < -0.4 is 0 Å². The normalized spacial score (nSPS) is 22.4. The number of nitrogens with zero attached hydrogens (tertiary/aromatic N) is 1. The number of allylic oxidation sites excluding steroid dienone is 1. The van der Waals surface area contributed by atoms with E-state index in [1.165, 1.54) is 13.4 Å². The molecule has 1 N–H and O–H groups in total. The summed E-state index contributed by atoms with van der Waals surface area (Å²) < 4.78 is 10.1. The topological polar surface area (TPSA) is 89.1 Å². The molecule has 6 nitrogen and oxygen atoms in total. The fourth-order valence-electron chi connectivity index (χ4n) is 2.51. The largest absolute Gasteiger partial charge is 0.481 e. The fourth-order valence-corrected chi connectivity index (χ4v) is 2.51. The van der Waals surface area contributed by atoms with Crippen molar-refractivity contribution >= 4 is 17.7 Å². The zero-order valence-electron chi connectivity index (χ0n) is 11.4. The molecule has 6 heteroatoms. The first-order valence-corrected chi connectivity index (χ1v) is 6.07. The van der Waals surface area contributed by atoms with Crippen molar-refractivity contribution in [3.05, 3.63) is 35.4 Å². The van der Waals surface area contributed by atoms with Gasteiger partial charge in [-0.15, -0.1) is 0 Å². The predicted molar refractivity (Wildman–Crippen MR) is 70.4 cm³/mol. The van der Waals surface area contributed by atoms with E-state index in [1.54, 1.807) is 26.0 Å². The fraction of sp³-hybridized carbons (Fsp3) is 0.357. The van der Waals surface area contributed by atoms with E-state index in [1.807, 2.05) is 0 Å². The van der Waals surface area contributed by atoms with Gasteiger partial charge in [-0.1, -0.05) is 0 Å². The molecule has 0 radical (unpaired) electrons. The Labute approximate surface area is 115 Å². The molecule has 2 heterocycles. The molecule has 0 aromatic carbocycles. The second-order valence-corrected chi connectivity index (χ2v) is 4.55. The number of methoxy groups -OCH3 is 1. The van der Waals surface area contributed by atoms with Crippen LogP contribution in [-0.4, -0.2) is 29.9 Å². The minimum absolute atomic E-state index is 0.223. The summed E-state index contributed by atoms with van der Waals surface area (Å²) in [5.41, 5.74) is 1.11. The third kappa shape index (κ3) is 2.24. The number of carboxylic acid groups (broad SMARTS) is 1. The van der Waals surface area contributed by atoms with Crippen molar-refractivity contribution < 1.29 is 23.8 Å². The van der Waals surface area contributed by atoms with Gasteiger partial charge in [0.25, 0.3) is 0 Å². The second-order valence-electron chi connectivity index (χ2n) is 4.55. The van der Waals surface area contributed by atoms with E-state index in [0.717, 1.165) is 0 Å². The smallest absolute Gasteiger partial charge is 0.336 e. The summed E-state index contributed by atoms with van der Waals surface area (Å²) in [4.78, 5) is 27.7. The number of rotatable bonds is 3. The van der Waals surface area contributed by atoms with Crippen molar-refractivity contribution in [3.63, 3.8) is 0 Å². The molecule has 1 aliphatic heterocycles. The van der Waals surface area contributed by atoms with Gasteiger partial charge in [0.1, 0.15) is 11.7 Å². The van der Waals surface area contributed by atoms with E-state index in [-0.39, 0.29) is 5.57 Å². The van der Waals surface area contributed by atoms with Crippen LogP contribution in [0.15, 0.2) is 39.1 Å². The lowest BCUT2D eigenvalue weighted by molar-refractivity contribution is -0.140. The highest BCUT2D eigenvalue weighted by atomic mass is 16.5. The summed E-state index contributed by atoms with van der Waals surface area (Å²) in [6, 6.07) is 3.30. The Morgan fingerprint density at radius 2 is 2.10 bits per heavy atom. The Morgan fingerprint density at radius 3 is 2.60 bits per heavy atom. The molecular weight excluding hydrogens is 262 g/mol. The molecule has 1 aliphatic rings. The Kier molecular flexibility index (Phi) is 3.74. The summed E-state index contributed by atoms with van der Waals surface area (Å²) >= 11 is 0. The highest BCUT2D eigenvalue weighted by Crippen LogP contribution is 2.39. The molecule has 2 atom stereocenters. The van der Waals surface area contributed by atoms with Gasteiger partial charge in [-0.05, 0) is 26.0 Å². The lowest BCUT2D eigenvalue weighted by Gasteiger charge is -2.28. The van der Waals surface area contributed by atoms with Crippen molar-refractivity contribution in [2.75, 3.05) is 7.11 Å². The van der Waals surface area contributed by atoms with Gasteiger partial charge < -0.3 is 14.3 Å². The van der Waals surface area contributed by atoms with Crippen molar-refractivity contribution in [1.29, 1.82) is 0 Å². The maximum absolute atomic E-state index is 12.0. The number of ether oxygens (including phenoxy) is 1. The van der Waals surface area contributed by atoms with Crippen molar-refractivity contribution in [2.24, 2.45) is 10.9 Å². The summed E-state index contributed by atoms with van der Waals surface area (Å²) in [7, 11) is 1.25. The lowest BCUT2D eigenvalue weighted by atomic mass is 9.78. The molecule has 0 spiro atoms. The van der Waals surface area contributed by atoms with Gasteiger partial charge in [0.05, 0.1) is 24.9 Å². The Hall–Kier alpha value is -2.37. The number of hydrogen-bond acceptors (Lipinski definition) is 5. The average Bonchev–Trinajstić information content (AvgIpc) is 2.90. The zero-order chi connectivity index (χ0) is 14.9. The van der Waals surface area contributed by atoms with Crippen LogP contribution in [0.3, 0.4) is 0 Å². The lowest BCUT2D eigenvalue weighted by Crippen LogP contribution is -2.35. The number of carbonyl (C=O) groups excluding carboxylic acids is 1. The Bertz CT molecular complexity index is 597. The highest BCUT2D eigenvalue weighted by Gasteiger charge is 2.42. The quantitative estimate of drug-likeness (QED) is 0.853. The highest BCUT2D eigenvalue weighted by molar-refractivity contribution is 6.06. The van der Waals surface area contributed by atoms with Crippen LogP contribution >= 0.6 is 0 Å². The van der Waals surface area contributed by atoms with Gasteiger partial charge >= 0.3 is 11.9 Å². The average molecular weight is 277 g/mol. The molecule has 1 aromatic heterocycles. The van der Waals surface area contributed by atoms with Gasteiger partial charge in [-0.25, -0.2) is 4.79 Å². The number of carbonyl (C=O) groups is 2. The summed E-state index contributed by atoms with van der Waals surface area (Å²) in [6.07, 6.45) is 1.44. The third-order valence-corrected chi connectivity index (χ3v) is 3.35. The van der Waals surface area contributed by atoms with Gasteiger partial charge in [0.15, 0.2) is 0 Å². The van der Waals surface area contributed by atoms with Crippen LogP contribution in [0.25, 0.3) is 0 Å². The predicted octanol–water partition coefficient (Wildman–Crippen LogP) is 1.99. The molecule has 0 amide bonds. The van der Waals surface area contributed by atoms with Gasteiger partial charge in [-0.2, -0.15) is 0 Å². The number of carboxylic acids is 1. The molecule has 0 aliphatic carbocycles. The molecule has 0 fully saturated rings. The Morgan fingerprint density at radius 1 is 1.40 bits per heavy atom. The number of hydrogen-bond donors (Lipinski definition) is 1. The molecule has 0 bridgehead atoms.